The molecule has 0 saturated carbocycles. The molecule has 1 N–H and O–H groups in total. The summed E-state index contributed by atoms with van der Waals surface area (Å²) in [4.78, 5) is 44.1. The maximum Gasteiger partial charge on any atom is 0.262 e. The lowest BCUT2D eigenvalue weighted by Crippen LogP contribution is -2.42. The van der Waals surface area contributed by atoms with E-state index in [0.717, 1.165) is 0 Å². The summed E-state index contributed by atoms with van der Waals surface area (Å²) in [6, 6.07) is 8.56. The molecule has 1 atom stereocenters. The van der Waals surface area contributed by atoms with Crippen LogP contribution < -0.4 is 15.8 Å². The van der Waals surface area contributed by atoms with Crippen molar-refractivity contribution in [2.45, 2.75) is 25.9 Å². The number of nitrogens with zero attached hydrogens (tertiary/aromatic N) is 3. The molecule has 0 bridgehead atoms. The van der Waals surface area contributed by atoms with Crippen LogP contribution in [0.5, 0.6) is 0 Å². The lowest BCUT2D eigenvalue weighted by atomic mass is 10.1. The summed E-state index contributed by atoms with van der Waals surface area (Å²) in [6.45, 7) is 1.69. The molecule has 4 rings (SSSR count). The highest BCUT2D eigenvalue weighted by Crippen LogP contribution is 2.31. The van der Waals surface area contributed by atoms with Gasteiger partial charge in [-0.25, -0.2) is 4.98 Å². The van der Waals surface area contributed by atoms with Crippen molar-refractivity contribution in [2.75, 3.05) is 10.2 Å². The van der Waals surface area contributed by atoms with E-state index in [9.17, 15) is 14.4 Å². The normalized spacial score (nSPS) is 16.9. The number of aromatic nitrogens is 2. The lowest BCUT2D eigenvalue weighted by molar-refractivity contribution is -0.119. The van der Waals surface area contributed by atoms with Crippen LogP contribution in [-0.4, -0.2) is 27.4 Å². The summed E-state index contributed by atoms with van der Waals surface area (Å²) >= 11 is 1.39. The number of carbonyl (C=O) groups excluding carboxylic acids is 2. The molecule has 7 nitrogen and oxygen atoms in total. The second kappa shape index (κ2) is 6.38. The van der Waals surface area contributed by atoms with Gasteiger partial charge in [0, 0.05) is 12.5 Å². The average Bonchev–Trinajstić information content (AvgIpc) is 3.03. The summed E-state index contributed by atoms with van der Waals surface area (Å²) < 4.78 is 1.31. The molecule has 3 heterocycles. The zero-order chi connectivity index (χ0) is 18.3. The number of amides is 2. The molecule has 1 aliphatic heterocycles. The number of fused-ring (bicyclic) bond motifs is 2. The van der Waals surface area contributed by atoms with Crippen molar-refractivity contribution in [3.63, 3.8) is 0 Å². The summed E-state index contributed by atoms with van der Waals surface area (Å²) in [6.07, 6.45) is 1.59. The first-order chi connectivity index (χ1) is 12.5. The Bertz CT molecular complexity index is 1070. The Labute approximate surface area is 152 Å². The molecule has 132 valence electrons. The third kappa shape index (κ3) is 2.78. The van der Waals surface area contributed by atoms with E-state index in [1.54, 1.807) is 34.5 Å². The van der Waals surface area contributed by atoms with E-state index in [1.165, 1.54) is 22.2 Å². The number of benzene rings is 1. The molecular formula is C18H16N4O3S. The van der Waals surface area contributed by atoms with Crippen LogP contribution in [-0.2, 0) is 16.1 Å². The Hall–Kier alpha value is -3.00. The molecule has 0 radical (unpaired) electrons. The van der Waals surface area contributed by atoms with Crippen LogP contribution >= 0.6 is 11.3 Å². The molecule has 0 saturated heterocycles. The lowest BCUT2D eigenvalue weighted by Gasteiger charge is -2.28. The van der Waals surface area contributed by atoms with Gasteiger partial charge in [-0.2, -0.15) is 0 Å². The van der Waals surface area contributed by atoms with Gasteiger partial charge in [0.15, 0.2) is 0 Å². The summed E-state index contributed by atoms with van der Waals surface area (Å²) in [5.41, 5.74) is 0.983. The van der Waals surface area contributed by atoms with Gasteiger partial charge in [-0.05, 0) is 30.5 Å². The van der Waals surface area contributed by atoms with Gasteiger partial charge in [0.05, 0.1) is 23.1 Å². The van der Waals surface area contributed by atoms with E-state index in [2.05, 4.69) is 10.3 Å². The molecule has 0 aliphatic carbocycles. The van der Waals surface area contributed by atoms with E-state index in [-0.39, 0.29) is 36.4 Å². The molecule has 1 aromatic carbocycles. The largest absolute Gasteiger partial charge is 0.324 e. The summed E-state index contributed by atoms with van der Waals surface area (Å²) in [5.74, 6) is -0.404. The first-order valence-electron chi connectivity index (χ1n) is 8.18. The number of para-hydroxylation sites is 2. The van der Waals surface area contributed by atoms with Crippen molar-refractivity contribution in [2.24, 2.45) is 0 Å². The number of carbonyl (C=O) groups is 2. The van der Waals surface area contributed by atoms with Crippen molar-refractivity contribution < 1.29 is 9.59 Å². The van der Waals surface area contributed by atoms with Crippen molar-refractivity contribution in [1.82, 2.24) is 9.55 Å². The number of anilines is 2. The monoisotopic (exact) mass is 368 g/mol. The molecule has 0 unspecified atom stereocenters. The maximum absolute atomic E-state index is 13.0. The van der Waals surface area contributed by atoms with E-state index >= 15 is 0 Å². The Morgan fingerprint density at radius 3 is 2.96 bits per heavy atom. The minimum Gasteiger partial charge on any atom is -0.324 e. The Kier molecular flexibility index (Phi) is 4.04. The topological polar surface area (TPSA) is 84.3 Å². The molecule has 2 aromatic heterocycles. The van der Waals surface area contributed by atoms with Gasteiger partial charge < -0.3 is 10.2 Å². The van der Waals surface area contributed by atoms with E-state index in [4.69, 9.17) is 0 Å². The zero-order valence-electron chi connectivity index (χ0n) is 14.0. The SMILES string of the molecule is C[C@H]1CC(=O)Nc2ccccc2N1C(=O)Cn1cnc2sccc2c1=O. The fourth-order valence-electron chi connectivity index (χ4n) is 3.20. The minimum absolute atomic E-state index is 0.134. The fourth-order valence-corrected chi connectivity index (χ4v) is 3.92. The number of rotatable bonds is 2. The predicted molar refractivity (Wildman–Crippen MR) is 101 cm³/mol. The van der Waals surface area contributed by atoms with E-state index in [0.29, 0.717) is 21.6 Å². The standard InChI is InChI=1S/C18H16N4O3S/c1-11-8-15(23)20-13-4-2-3-5-14(13)22(11)16(24)9-21-10-19-17-12(18(21)25)6-7-26-17/h2-7,10-11H,8-9H2,1H3,(H,20,23)/t11-/m0/s1. The molecule has 2 amide bonds. The molecule has 8 heteroatoms. The molecule has 0 fully saturated rings. The highest BCUT2D eigenvalue weighted by atomic mass is 32.1. The van der Waals surface area contributed by atoms with Crippen LogP contribution in [0.15, 0.2) is 46.8 Å². The highest BCUT2D eigenvalue weighted by Gasteiger charge is 2.29. The Morgan fingerprint density at radius 1 is 1.31 bits per heavy atom. The molecular weight excluding hydrogens is 352 g/mol. The number of hydrogen-bond donors (Lipinski definition) is 1. The Morgan fingerprint density at radius 2 is 2.12 bits per heavy atom. The van der Waals surface area contributed by atoms with Gasteiger partial charge in [-0.3, -0.25) is 19.0 Å². The second-order valence-electron chi connectivity index (χ2n) is 6.20. The third-order valence-electron chi connectivity index (χ3n) is 4.38. The van der Waals surface area contributed by atoms with Crippen LogP contribution in [0.4, 0.5) is 11.4 Å². The first-order valence-corrected chi connectivity index (χ1v) is 9.06. The fraction of sp³-hybridized carbons (Fsp3) is 0.222. The third-order valence-corrected chi connectivity index (χ3v) is 5.20. The van der Waals surface area contributed by atoms with Crippen LogP contribution in [0.3, 0.4) is 0 Å². The molecule has 26 heavy (non-hydrogen) atoms. The Balaban J connectivity index is 1.71. The van der Waals surface area contributed by atoms with Gasteiger partial charge in [-0.1, -0.05) is 12.1 Å². The molecule has 0 spiro atoms. The van der Waals surface area contributed by atoms with Crippen LogP contribution in [0.1, 0.15) is 13.3 Å². The van der Waals surface area contributed by atoms with Gasteiger partial charge in [0.2, 0.25) is 11.8 Å². The number of thiophene rings is 1. The average molecular weight is 368 g/mol. The molecule has 1 aliphatic rings. The van der Waals surface area contributed by atoms with Gasteiger partial charge in [0.25, 0.3) is 5.56 Å². The molecule has 3 aromatic rings. The second-order valence-corrected chi connectivity index (χ2v) is 7.09. The smallest absolute Gasteiger partial charge is 0.262 e. The maximum atomic E-state index is 13.0. The van der Waals surface area contributed by atoms with Crippen LogP contribution in [0, 0.1) is 0 Å². The van der Waals surface area contributed by atoms with Gasteiger partial charge in [-0.15, -0.1) is 11.3 Å². The van der Waals surface area contributed by atoms with E-state index < -0.39 is 0 Å². The van der Waals surface area contributed by atoms with Crippen molar-refractivity contribution in [3.05, 3.63) is 52.4 Å². The highest BCUT2D eigenvalue weighted by molar-refractivity contribution is 7.16. The minimum atomic E-state index is -0.320. The van der Waals surface area contributed by atoms with Crippen molar-refractivity contribution >= 4 is 44.7 Å². The quantitative estimate of drug-likeness (QED) is 0.752. The van der Waals surface area contributed by atoms with Crippen LogP contribution in [0.25, 0.3) is 10.2 Å². The van der Waals surface area contributed by atoms with Gasteiger partial charge >= 0.3 is 0 Å². The first kappa shape index (κ1) is 16.5. The van der Waals surface area contributed by atoms with E-state index in [1.807, 2.05) is 13.0 Å². The van der Waals surface area contributed by atoms with Gasteiger partial charge in [0.1, 0.15) is 11.4 Å². The number of hydrogen-bond acceptors (Lipinski definition) is 5. The van der Waals surface area contributed by atoms with Crippen LogP contribution in [0.2, 0.25) is 0 Å². The van der Waals surface area contributed by atoms with Crippen molar-refractivity contribution in [3.8, 4) is 0 Å². The predicted octanol–water partition coefficient (Wildman–Crippen LogP) is 2.22. The number of nitrogens with one attached hydrogen (secondary N) is 1. The van der Waals surface area contributed by atoms with Crippen molar-refractivity contribution in [1.29, 1.82) is 0 Å². The summed E-state index contributed by atoms with van der Waals surface area (Å²) in [7, 11) is 0. The zero-order valence-corrected chi connectivity index (χ0v) is 14.8. The summed E-state index contributed by atoms with van der Waals surface area (Å²) in [5, 5.41) is 5.13.